The molecule has 2 aliphatic heterocycles. The fourth-order valence-electron chi connectivity index (χ4n) is 4.47. The summed E-state index contributed by atoms with van der Waals surface area (Å²) in [5.41, 5.74) is -1.01. The highest BCUT2D eigenvalue weighted by Gasteiger charge is 2.50. The fraction of sp³-hybridized carbons (Fsp3) is 0.333. The third-order valence-corrected chi connectivity index (χ3v) is 6.17. The average molecular weight is 506 g/mol. The van der Waals surface area contributed by atoms with E-state index in [1.165, 1.54) is 30.3 Å². The molecule has 2 atom stereocenters. The number of amidine groups is 1. The van der Waals surface area contributed by atoms with Crippen LogP contribution in [0.3, 0.4) is 0 Å². The predicted octanol–water partition coefficient (Wildman–Crippen LogP) is 2.85. The number of halogens is 4. The van der Waals surface area contributed by atoms with Gasteiger partial charge in [-0.05, 0) is 36.8 Å². The van der Waals surface area contributed by atoms with E-state index in [2.05, 4.69) is 15.3 Å². The summed E-state index contributed by atoms with van der Waals surface area (Å²) in [6, 6.07) is 6.12. The van der Waals surface area contributed by atoms with E-state index in [1.54, 1.807) is 6.92 Å². The van der Waals surface area contributed by atoms with E-state index < -0.39 is 60.6 Å². The minimum Gasteiger partial charge on any atom is -0.480 e. The van der Waals surface area contributed by atoms with Gasteiger partial charge in [-0.15, -0.1) is 0 Å². The molecule has 0 radical (unpaired) electrons. The van der Waals surface area contributed by atoms with Gasteiger partial charge in [-0.1, -0.05) is 12.1 Å². The normalized spacial score (nSPS) is 23.7. The van der Waals surface area contributed by atoms with Crippen LogP contribution in [-0.2, 0) is 19.9 Å². The summed E-state index contributed by atoms with van der Waals surface area (Å²) >= 11 is 0. The highest BCUT2D eigenvalue weighted by Crippen LogP contribution is 2.40. The van der Waals surface area contributed by atoms with Gasteiger partial charge in [0.15, 0.2) is 5.84 Å². The Bertz CT molecular complexity index is 1250. The monoisotopic (exact) mass is 506 g/mol. The summed E-state index contributed by atoms with van der Waals surface area (Å²) in [5, 5.41) is 12.4. The predicted molar refractivity (Wildman–Crippen MR) is 119 cm³/mol. The molecule has 4 rings (SSSR count). The molecule has 12 heteroatoms. The van der Waals surface area contributed by atoms with Crippen LogP contribution in [0.4, 0.5) is 17.6 Å². The quantitative estimate of drug-likeness (QED) is 0.459. The third-order valence-electron chi connectivity index (χ3n) is 6.17. The van der Waals surface area contributed by atoms with E-state index in [1.807, 2.05) is 0 Å². The van der Waals surface area contributed by atoms with Crippen molar-refractivity contribution in [1.29, 1.82) is 0 Å². The first-order valence-electron chi connectivity index (χ1n) is 10.8. The number of nitrogens with one attached hydrogen (secondary N) is 1. The number of methoxy groups -OCH3 is 1. The molecule has 0 aliphatic carbocycles. The van der Waals surface area contributed by atoms with Crippen molar-refractivity contribution in [3.8, 4) is 0 Å². The van der Waals surface area contributed by atoms with Gasteiger partial charge >= 0.3 is 11.9 Å². The van der Waals surface area contributed by atoms with E-state index in [4.69, 9.17) is 4.74 Å². The third kappa shape index (κ3) is 4.81. The number of ether oxygens (including phenoxy) is 1. The topological polar surface area (TPSA) is 104 Å². The van der Waals surface area contributed by atoms with Crippen LogP contribution in [0, 0.1) is 11.6 Å². The van der Waals surface area contributed by atoms with Crippen LogP contribution < -0.4 is 5.32 Å². The van der Waals surface area contributed by atoms with Crippen molar-refractivity contribution in [2.75, 3.05) is 20.2 Å². The molecule has 0 spiro atoms. The Balaban J connectivity index is 1.88. The number of nitrogens with zero attached hydrogens (tertiary/aromatic N) is 3. The van der Waals surface area contributed by atoms with Crippen LogP contribution in [0.15, 0.2) is 58.9 Å². The van der Waals surface area contributed by atoms with Gasteiger partial charge in [0.05, 0.1) is 25.4 Å². The number of esters is 1. The van der Waals surface area contributed by atoms with Gasteiger partial charge in [0, 0.05) is 18.7 Å². The van der Waals surface area contributed by atoms with Gasteiger partial charge < -0.3 is 15.2 Å². The van der Waals surface area contributed by atoms with Crippen molar-refractivity contribution in [2.45, 2.75) is 30.8 Å². The molecule has 0 bridgehead atoms. The Morgan fingerprint density at radius 2 is 1.83 bits per heavy atom. The van der Waals surface area contributed by atoms with E-state index in [0.717, 1.165) is 24.3 Å². The highest BCUT2D eigenvalue weighted by molar-refractivity contribution is 6.03. The molecule has 2 unspecified atom stereocenters. The van der Waals surface area contributed by atoms with Gasteiger partial charge in [0.2, 0.25) is 0 Å². The summed E-state index contributed by atoms with van der Waals surface area (Å²) in [6.45, 7) is 0.302. The number of carboxylic acid groups (broad SMARTS) is 1. The smallest absolute Gasteiger partial charge is 0.338 e. The van der Waals surface area contributed by atoms with Gasteiger partial charge in [-0.2, -0.15) is 0 Å². The number of aliphatic imine (C=N–C) groups is 1. The van der Waals surface area contributed by atoms with Gasteiger partial charge in [-0.3, -0.25) is 9.69 Å². The first-order chi connectivity index (χ1) is 16.9. The van der Waals surface area contributed by atoms with Crippen LogP contribution in [0.25, 0.3) is 0 Å². The molecule has 2 aromatic rings. The number of carboxylic acids is 1. The molecule has 36 heavy (non-hydrogen) atoms. The molecule has 0 saturated carbocycles. The summed E-state index contributed by atoms with van der Waals surface area (Å²) < 4.78 is 60.5. The molecule has 0 amide bonds. The summed E-state index contributed by atoms with van der Waals surface area (Å²) in [6.07, 6.45) is 0.0638. The number of likely N-dealkylation sites (tertiary alicyclic amines) is 1. The maximum atomic E-state index is 14.2. The van der Waals surface area contributed by atoms with Crippen LogP contribution in [0.5, 0.6) is 0 Å². The Morgan fingerprint density at radius 1 is 1.17 bits per heavy atom. The Hall–Kier alpha value is -3.80. The molecule has 1 aromatic carbocycles. The Morgan fingerprint density at radius 3 is 2.42 bits per heavy atom. The largest absolute Gasteiger partial charge is 0.480 e. The van der Waals surface area contributed by atoms with Gasteiger partial charge in [0.25, 0.3) is 5.92 Å². The molecule has 1 saturated heterocycles. The van der Waals surface area contributed by atoms with Gasteiger partial charge in [-0.25, -0.2) is 32.3 Å². The van der Waals surface area contributed by atoms with Crippen molar-refractivity contribution < 1.29 is 37.0 Å². The molecule has 190 valence electrons. The maximum Gasteiger partial charge on any atom is 0.338 e. The SMILES string of the molecule is COC(=O)C1=C(CN2CC(F)(F)CC2C(=O)O)NC(c2ccc(F)cn2)=NC1(C)c1ccc(F)cc1. The molecular formula is C24H22F4N4O4. The number of carbonyl (C=O) groups is 2. The first kappa shape index (κ1) is 25.3. The van der Waals surface area contributed by atoms with Crippen LogP contribution >= 0.6 is 0 Å². The van der Waals surface area contributed by atoms with E-state index >= 15 is 0 Å². The average Bonchev–Trinajstić information content (AvgIpc) is 3.13. The zero-order valence-corrected chi connectivity index (χ0v) is 19.3. The number of aliphatic carboxylic acids is 1. The lowest BCUT2D eigenvalue weighted by atomic mass is 9.82. The number of rotatable bonds is 6. The molecule has 1 aromatic heterocycles. The second kappa shape index (κ2) is 9.34. The maximum absolute atomic E-state index is 14.2. The summed E-state index contributed by atoms with van der Waals surface area (Å²) in [4.78, 5) is 34.4. The number of pyridine rings is 1. The van der Waals surface area contributed by atoms with E-state index in [0.29, 0.717) is 5.56 Å². The number of alkyl halides is 2. The second-order valence-electron chi connectivity index (χ2n) is 8.69. The summed E-state index contributed by atoms with van der Waals surface area (Å²) in [7, 11) is 1.13. The van der Waals surface area contributed by atoms with Crippen LogP contribution in [0.1, 0.15) is 24.6 Å². The Kier molecular flexibility index (Phi) is 6.56. The summed E-state index contributed by atoms with van der Waals surface area (Å²) in [5.74, 6) is -6.60. The minimum absolute atomic E-state index is 0.0498. The van der Waals surface area contributed by atoms with Crippen LogP contribution in [-0.4, -0.2) is 64.9 Å². The number of hydrogen-bond donors (Lipinski definition) is 2. The first-order valence-corrected chi connectivity index (χ1v) is 10.8. The zero-order valence-electron chi connectivity index (χ0n) is 19.3. The van der Waals surface area contributed by atoms with E-state index in [9.17, 15) is 32.3 Å². The molecule has 2 aliphatic rings. The second-order valence-corrected chi connectivity index (χ2v) is 8.69. The minimum atomic E-state index is -3.25. The van der Waals surface area contributed by atoms with Crippen molar-refractivity contribution in [1.82, 2.24) is 15.2 Å². The van der Waals surface area contributed by atoms with Crippen molar-refractivity contribution in [3.63, 3.8) is 0 Å². The lowest BCUT2D eigenvalue weighted by Crippen LogP contribution is -2.47. The van der Waals surface area contributed by atoms with Crippen molar-refractivity contribution >= 4 is 17.8 Å². The molecule has 8 nitrogen and oxygen atoms in total. The number of benzene rings is 1. The number of hydrogen-bond acceptors (Lipinski definition) is 7. The lowest BCUT2D eigenvalue weighted by molar-refractivity contribution is -0.142. The molecule has 3 heterocycles. The number of aromatic nitrogens is 1. The zero-order chi connectivity index (χ0) is 26.3. The van der Waals surface area contributed by atoms with Crippen molar-refractivity contribution in [2.24, 2.45) is 4.99 Å². The molecular weight excluding hydrogens is 484 g/mol. The van der Waals surface area contributed by atoms with Crippen molar-refractivity contribution in [3.05, 3.63) is 76.8 Å². The van der Waals surface area contributed by atoms with Gasteiger partial charge in [0.1, 0.15) is 28.9 Å². The fourth-order valence-corrected chi connectivity index (χ4v) is 4.47. The highest BCUT2D eigenvalue weighted by atomic mass is 19.3. The Labute approximate surface area is 203 Å². The standard InChI is InChI=1S/C24H22F4N4O4/c1-23(13-3-5-14(25)6-4-13)19(22(35)36-2)17(11-32-12-24(27,28)9-18(32)21(33)34)30-20(31-23)16-8-7-15(26)10-29-16/h3-8,10,18H,9,11-12H2,1-2H3,(H,30,31)(H,33,34). The van der Waals surface area contributed by atoms with Crippen LogP contribution in [0.2, 0.25) is 0 Å². The number of carbonyl (C=O) groups excluding carboxylic acids is 1. The van der Waals surface area contributed by atoms with E-state index in [-0.39, 0.29) is 22.8 Å². The molecule has 2 N–H and O–H groups in total. The lowest BCUT2D eigenvalue weighted by Gasteiger charge is -2.36. The molecule has 1 fully saturated rings.